The number of nitrogens with zero attached hydrogens (tertiary/aromatic N) is 1. The molecule has 0 spiro atoms. The summed E-state index contributed by atoms with van der Waals surface area (Å²) in [7, 11) is 0. The van der Waals surface area contributed by atoms with Crippen LogP contribution in [0.4, 0.5) is 0 Å². The number of aryl methyl sites for hydroxylation is 1. The van der Waals surface area contributed by atoms with Crippen LogP contribution >= 0.6 is 0 Å². The van der Waals surface area contributed by atoms with E-state index < -0.39 is 0 Å². The number of likely N-dealkylation sites (tertiary alicyclic amines) is 1. The zero-order valence-electron chi connectivity index (χ0n) is 14.9. The van der Waals surface area contributed by atoms with E-state index in [1.165, 1.54) is 5.56 Å². The molecular weight excluding hydrogens is 304 g/mol. The molecule has 0 unspecified atom stereocenters. The number of nitrogens with one attached hydrogen (secondary N) is 1. The highest BCUT2D eigenvalue weighted by Gasteiger charge is 2.34. The Balaban J connectivity index is 1.69. The van der Waals surface area contributed by atoms with Gasteiger partial charge in [0, 0.05) is 19.0 Å². The van der Waals surface area contributed by atoms with E-state index in [1.807, 2.05) is 45.0 Å². The lowest BCUT2D eigenvalue weighted by atomic mass is 10.1. The van der Waals surface area contributed by atoms with Gasteiger partial charge in [-0.1, -0.05) is 31.5 Å². The van der Waals surface area contributed by atoms with Crippen molar-refractivity contribution >= 4 is 11.8 Å². The largest absolute Gasteiger partial charge is 0.494 e. The Morgan fingerprint density at radius 1 is 1.29 bits per heavy atom. The minimum Gasteiger partial charge on any atom is -0.494 e. The van der Waals surface area contributed by atoms with Gasteiger partial charge in [-0.2, -0.15) is 0 Å². The van der Waals surface area contributed by atoms with Crippen LogP contribution in [-0.4, -0.2) is 42.5 Å². The maximum Gasteiger partial charge on any atom is 0.242 e. The second-order valence-electron chi connectivity index (χ2n) is 6.65. The van der Waals surface area contributed by atoms with Gasteiger partial charge < -0.3 is 15.0 Å². The third-order valence-corrected chi connectivity index (χ3v) is 4.24. The Hall–Kier alpha value is -2.04. The van der Waals surface area contributed by atoms with Gasteiger partial charge in [0.2, 0.25) is 11.8 Å². The molecule has 0 aliphatic carbocycles. The SMILES string of the molecule is Cc1ccc(OCCCNC(=O)[C@@H]2CCCN2C(=O)C(C)C)cc1. The molecule has 1 aliphatic rings. The molecule has 5 nitrogen and oxygen atoms in total. The molecule has 0 aromatic heterocycles. The summed E-state index contributed by atoms with van der Waals surface area (Å²) in [5, 5.41) is 2.93. The molecule has 1 N–H and O–H groups in total. The zero-order valence-corrected chi connectivity index (χ0v) is 14.9. The number of hydrogen-bond donors (Lipinski definition) is 1. The summed E-state index contributed by atoms with van der Waals surface area (Å²) in [6, 6.07) is 7.61. The van der Waals surface area contributed by atoms with Gasteiger partial charge in [0.1, 0.15) is 11.8 Å². The van der Waals surface area contributed by atoms with Gasteiger partial charge in [-0.25, -0.2) is 0 Å². The van der Waals surface area contributed by atoms with Crippen molar-refractivity contribution in [2.75, 3.05) is 19.7 Å². The average Bonchev–Trinajstić information content (AvgIpc) is 3.04. The fourth-order valence-electron chi connectivity index (χ4n) is 2.86. The lowest BCUT2D eigenvalue weighted by Gasteiger charge is -2.25. The Bertz CT molecular complexity index is 554. The van der Waals surface area contributed by atoms with Crippen LogP contribution in [0.15, 0.2) is 24.3 Å². The normalized spacial score (nSPS) is 17.2. The summed E-state index contributed by atoms with van der Waals surface area (Å²) < 4.78 is 5.64. The van der Waals surface area contributed by atoms with Crippen LogP contribution in [0.3, 0.4) is 0 Å². The highest BCUT2D eigenvalue weighted by molar-refractivity contribution is 5.88. The molecular formula is C19H28N2O3. The lowest BCUT2D eigenvalue weighted by Crippen LogP contribution is -2.47. The molecule has 24 heavy (non-hydrogen) atoms. The second-order valence-corrected chi connectivity index (χ2v) is 6.65. The first-order valence-corrected chi connectivity index (χ1v) is 8.76. The summed E-state index contributed by atoms with van der Waals surface area (Å²) in [6.45, 7) is 7.59. The van der Waals surface area contributed by atoms with Gasteiger partial charge >= 0.3 is 0 Å². The first-order chi connectivity index (χ1) is 11.5. The number of rotatable bonds is 7. The molecule has 2 rings (SSSR count). The van der Waals surface area contributed by atoms with Crippen molar-refractivity contribution in [2.24, 2.45) is 5.92 Å². The summed E-state index contributed by atoms with van der Waals surface area (Å²) in [6.07, 6.45) is 2.39. The predicted molar refractivity (Wildman–Crippen MR) is 93.9 cm³/mol. The van der Waals surface area contributed by atoms with Crippen molar-refractivity contribution in [3.05, 3.63) is 29.8 Å². The highest BCUT2D eigenvalue weighted by Crippen LogP contribution is 2.19. The third kappa shape index (κ3) is 4.98. The van der Waals surface area contributed by atoms with E-state index >= 15 is 0 Å². The Labute approximate surface area is 144 Å². The molecule has 0 radical (unpaired) electrons. The topological polar surface area (TPSA) is 58.6 Å². The molecule has 0 bridgehead atoms. The van der Waals surface area contributed by atoms with Crippen LogP contribution in [-0.2, 0) is 9.59 Å². The van der Waals surface area contributed by atoms with E-state index in [2.05, 4.69) is 5.32 Å². The van der Waals surface area contributed by atoms with Crippen LogP contribution in [0, 0.1) is 12.8 Å². The molecule has 1 aliphatic heterocycles. The van der Waals surface area contributed by atoms with Crippen molar-refractivity contribution < 1.29 is 14.3 Å². The third-order valence-electron chi connectivity index (χ3n) is 4.24. The molecule has 1 saturated heterocycles. The molecule has 1 heterocycles. The van der Waals surface area contributed by atoms with Crippen LogP contribution in [0.25, 0.3) is 0 Å². The highest BCUT2D eigenvalue weighted by atomic mass is 16.5. The smallest absolute Gasteiger partial charge is 0.242 e. The zero-order chi connectivity index (χ0) is 17.5. The minimum absolute atomic E-state index is 0.0446. The summed E-state index contributed by atoms with van der Waals surface area (Å²) in [5.74, 6) is 0.796. The van der Waals surface area contributed by atoms with Gasteiger partial charge in [0.05, 0.1) is 6.61 Å². The fraction of sp³-hybridized carbons (Fsp3) is 0.579. The van der Waals surface area contributed by atoms with Crippen molar-refractivity contribution in [3.8, 4) is 5.75 Å². The lowest BCUT2D eigenvalue weighted by molar-refractivity contribution is -0.140. The number of carbonyl (C=O) groups is 2. The fourth-order valence-corrected chi connectivity index (χ4v) is 2.86. The molecule has 5 heteroatoms. The first kappa shape index (κ1) is 18.3. The molecule has 1 atom stereocenters. The van der Waals surface area contributed by atoms with E-state index in [0.29, 0.717) is 19.7 Å². The summed E-state index contributed by atoms with van der Waals surface area (Å²) >= 11 is 0. The van der Waals surface area contributed by atoms with Crippen LogP contribution < -0.4 is 10.1 Å². The van der Waals surface area contributed by atoms with Gasteiger partial charge in [0.15, 0.2) is 0 Å². The summed E-state index contributed by atoms with van der Waals surface area (Å²) in [4.78, 5) is 26.2. The molecule has 0 saturated carbocycles. The van der Waals surface area contributed by atoms with E-state index in [1.54, 1.807) is 4.90 Å². The molecule has 1 fully saturated rings. The molecule has 132 valence electrons. The predicted octanol–water partition coefficient (Wildman–Crippen LogP) is 2.53. The van der Waals surface area contributed by atoms with Crippen molar-refractivity contribution in [1.29, 1.82) is 0 Å². The van der Waals surface area contributed by atoms with Crippen LogP contribution in [0.5, 0.6) is 5.75 Å². The van der Waals surface area contributed by atoms with Gasteiger partial charge in [-0.3, -0.25) is 9.59 Å². The van der Waals surface area contributed by atoms with E-state index in [0.717, 1.165) is 25.0 Å². The number of amides is 2. The average molecular weight is 332 g/mol. The summed E-state index contributed by atoms with van der Waals surface area (Å²) in [5.41, 5.74) is 1.20. The van der Waals surface area contributed by atoms with E-state index in [4.69, 9.17) is 4.74 Å². The van der Waals surface area contributed by atoms with Crippen molar-refractivity contribution in [1.82, 2.24) is 10.2 Å². The Morgan fingerprint density at radius 2 is 2.00 bits per heavy atom. The number of ether oxygens (including phenoxy) is 1. The van der Waals surface area contributed by atoms with E-state index in [-0.39, 0.29) is 23.8 Å². The molecule has 2 amide bonds. The van der Waals surface area contributed by atoms with Crippen LogP contribution in [0.2, 0.25) is 0 Å². The van der Waals surface area contributed by atoms with Gasteiger partial charge in [-0.15, -0.1) is 0 Å². The van der Waals surface area contributed by atoms with Crippen molar-refractivity contribution in [2.45, 2.75) is 46.1 Å². The Morgan fingerprint density at radius 3 is 2.67 bits per heavy atom. The van der Waals surface area contributed by atoms with Gasteiger partial charge in [-0.05, 0) is 38.3 Å². The monoisotopic (exact) mass is 332 g/mol. The number of carbonyl (C=O) groups excluding carboxylic acids is 2. The van der Waals surface area contributed by atoms with Crippen LogP contribution in [0.1, 0.15) is 38.7 Å². The first-order valence-electron chi connectivity index (χ1n) is 8.76. The van der Waals surface area contributed by atoms with E-state index in [9.17, 15) is 9.59 Å². The van der Waals surface area contributed by atoms with Gasteiger partial charge in [0.25, 0.3) is 0 Å². The van der Waals surface area contributed by atoms with Crippen molar-refractivity contribution in [3.63, 3.8) is 0 Å². The second kappa shape index (κ2) is 8.71. The maximum absolute atomic E-state index is 12.3. The Kier molecular flexibility index (Phi) is 6.64. The number of hydrogen-bond acceptors (Lipinski definition) is 3. The molecule has 1 aromatic carbocycles. The quantitative estimate of drug-likeness (QED) is 0.781. The minimum atomic E-state index is -0.307. The number of benzene rings is 1. The molecule has 1 aromatic rings. The standard InChI is InChI=1S/C19H28N2O3/c1-14(2)19(23)21-12-4-6-17(21)18(22)20-11-5-13-24-16-9-7-15(3)8-10-16/h7-10,14,17H,4-6,11-13H2,1-3H3,(H,20,22)/t17-/m0/s1. The maximum atomic E-state index is 12.3.